The van der Waals surface area contributed by atoms with E-state index >= 15 is 0 Å². The van der Waals surface area contributed by atoms with E-state index in [1.165, 1.54) is 44.3 Å². The van der Waals surface area contributed by atoms with Crippen molar-refractivity contribution in [1.82, 2.24) is 39.0 Å². The molecule has 0 fully saturated rings. The highest BCUT2D eigenvalue weighted by Gasteiger charge is 2.32. The van der Waals surface area contributed by atoms with Crippen LogP contribution in [0.4, 0.5) is 0 Å². The van der Waals surface area contributed by atoms with Crippen molar-refractivity contribution < 1.29 is 4.42 Å². The average Bonchev–Trinajstić information content (AvgIpc) is 1.57. The van der Waals surface area contributed by atoms with Gasteiger partial charge in [0.2, 0.25) is 0 Å². The summed E-state index contributed by atoms with van der Waals surface area (Å²) in [6.07, 6.45) is 7.83. The van der Waals surface area contributed by atoms with Gasteiger partial charge in [-0.05, 0) is 187 Å². The molecule has 0 amide bonds. The summed E-state index contributed by atoms with van der Waals surface area (Å²) in [5.74, 6) is 2.55. The summed E-state index contributed by atoms with van der Waals surface area (Å²) < 4.78 is 11.4. The van der Waals surface area contributed by atoms with Crippen LogP contribution in [0.3, 0.4) is 0 Å². The standard InChI is InChI=1S/C91H60N8O/c1-57-75(91-95-56-94-89(97-91)71-33-17-31-69(51-71)67-29-15-27-65(49-67)63-25-13-23-61(47-63)59-20-6-3-7-21-59)41-43-84-87(57)77-35-9-11-37-82(77)99(84)74-40-45-86-80(54-74)79-53-73(39-44-85(79)100-86)98-81-36-10-8-34-76(81)78-52-72(38-42-83(78)98)90-93-55-92-88(96-90)70-32-16-30-68(50-70)66-28-14-26-64(48-66)62-24-12-22-60(46-62)58-18-4-2-5-19-58/h2-57,75H,1H3. The maximum atomic E-state index is 6.66. The van der Waals surface area contributed by atoms with Crippen molar-refractivity contribution in [3.63, 3.8) is 0 Å². The first-order valence-corrected chi connectivity index (χ1v) is 33.9. The second kappa shape index (κ2) is 24.1. The van der Waals surface area contributed by atoms with E-state index in [0.717, 1.165) is 122 Å². The van der Waals surface area contributed by atoms with Crippen molar-refractivity contribution >= 4 is 60.7 Å². The molecule has 9 heteroatoms. The number of fused-ring (bicyclic) bond motifs is 9. The Kier molecular flexibility index (Phi) is 14.0. The van der Waals surface area contributed by atoms with E-state index in [2.05, 4.69) is 338 Å². The molecular weight excluding hydrogens is 1220 g/mol. The van der Waals surface area contributed by atoms with Gasteiger partial charge in [0, 0.05) is 60.9 Å². The van der Waals surface area contributed by atoms with Crippen molar-refractivity contribution in [2.75, 3.05) is 0 Å². The summed E-state index contributed by atoms with van der Waals surface area (Å²) in [4.78, 5) is 29.5. The van der Waals surface area contributed by atoms with Gasteiger partial charge < -0.3 is 13.6 Å². The van der Waals surface area contributed by atoms with Crippen LogP contribution < -0.4 is 0 Å². The average molecular weight is 1280 g/mol. The van der Waals surface area contributed by atoms with Gasteiger partial charge >= 0.3 is 0 Å². The van der Waals surface area contributed by atoms with E-state index in [-0.39, 0.29) is 11.8 Å². The Balaban J connectivity index is 0.614. The van der Waals surface area contributed by atoms with Crippen LogP contribution in [0, 0.1) is 0 Å². The number of aromatic nitrogens is 8. The van der Waals surface area contributed by atoms with Crippen LogP contribution in [0.1, 0.15) is 35.8 Å². The smallest absolute Gasteiger partial charge is 0.163 e. The fraction of sp³-hybridized carbons (Fsp3) is 0.0330. The monoisotopic (exact) mass is 1280 g/mol. The minimum Gasteiger partial charge on any atom is -0.456 e. The molecule has 0 bridgehead atoms. The van der Waals surface area contributed by atoms with E-state index in [0.29, 0.717) is 17.5 Å². The normalized spacial score (nSPS) is 13.6. The molecule has 18 aromatic rings. The summed E-state index contributed by atoms with van der Waals surface area (Å²) in [5, 5.41) is 5.49. The van der Waals surface area contributed by atoms with E-state index in [4.69, 9.17) is 34.3 Å². The number of para-hydroxylation sites is 2. The van der Waals surface area contributed by atoms with Crippen LogP contribution in [0.25, 0.3) is 173 Å². The number of hydrogen-bond donors (Lipinski definition) is 0. The number of furan rings is 1. The Morgan fingerprint density at radius 1 is 0.290 bits per heavy atom. The lowest BCUT2D eigenvalue weighted by Crippen LogP contribution is -2.15. The van der Waals surface area contributed by atoms with Gasteiger partial charge in [-0.15, -0.1) is 0 Å². The van der Waals surface area contributed by atoms with Gasteiger partial charge in [0.25, 0.3) is 0 Å². The molecule has 1 aliphatic carbocycles. The predicted octanol–water partition coefficient (Wildman–Crippen LogP) is 22.9. The maximum Gasteiger partial charge on any atom is 0.163 e. The van der Waals surface area contributed by atoms with E-state index in [1.807, 2.05) is 0 Å². The molecule has 470 valence electrons. The van der Waals surface area contributed by atoms with E-state index in [1.54, 1.807) is 12.7 Å². The Bertz CT molecular complexity index is 6280. The van der Waals surface area contributed by atoms with Crippen molar-refractivity contribution in [2.45, 2.75) is 18.8 Å². The first kappa shape index (κ1) is 58.1. The van der Waals surface area contributed by atoms with Crippen molar-refractivity contribution in [2.24, 2.45) is 0 Å². The fourth-order valence-corrected chi connectivity index (χ4v) is 15.1. The highest BCUT2D eigenvalue weighted by molar-refractivity contribution is 6.12. The third-order valence-electron chi connectivity index (χ3n) is 20.0. The molecule has 0 spiro atoms. The topological polar surface area (TPSA) is 100 Å². The lowest BCUT2D eigenvalue weighted by molar-refractivity contribution is 0.631. The fourth-order valence-electron chi connectivity index (χ4n) is 15.1. The lowest BCUT2D eigenvalue weighted by Gasteiger charge is -2.25. The number of nitrogens with zero attached hydrogens (tertiary/aromatic N) is 8. The van der Waals surface area contributed by atoms with Crippen molar-refractivity contribution in [3.05, 3.63) is 345 Å². The van der Waals surface area contributed by atoms with Crippen LogP contribution in [0.5, 0.6) is 0 Å². The van der Waals surface area contributed by atoms with Crippen LogP contribution in [0.15, 0.2) is 333 Å². The van der Waals surface area contributed by atoms with Gasteiger partial charge in [0.05, 0.1) is 22.2 Å². The molecule has 0 saturated carbocycles. The third kappa shape index (κ3) is 10.3. The SMILES string of the molecule is CC1c2c(n(-c3ccc4oc5ccc(-n6c7ccccc7c7cc(-c8ncnc(-c9cccc(-c%10cccc(-c%11cccc(-c%12ccccc%12)c%11)c%10)c9)n8)ccc76)cc5c4c3)c3ccccc23)C=CC1c1ncnc(-c2cccc(-c3cccc(-c4cccc(-c5ccccc5)c4)c3)c2)n1. The van der Waals surface area contributed by atoms with Gasteiger partial charge in [-0.2, -0.15) is 0 Å². The Morgan fingerprint density at radius 2 is 0.680 bits per heavy atom. The quantitative estimate of drug-likeness (QED) is 0.120. The summed E-state index contributed by atoms with van der Waals surface area (Å²) >= 11 is 0. The molecule has 0 radical (unpaired) electrons. The number of allylic oxidation sites excluding steroid dienone is 1. The molecule has 13 aromatic carbocycles. The molecule has 5 aromatic heterocycles. The Hall–Kier alpha value is -13.2. The van der Waals surface area contributed by atoms with Crippen molar-refractivity contribution in [1.29, 1.82) is 0 Å². The number of benzene rings is 13. The molecule has 2 unspecified atom stereocenters. The van der Waals surface area contributed by atoms with Crippen molar-refractivity contribution in [3.8, 4) is 112 Å². The van der Waals surface area contributed by atoms with Crippen LogP contribution in [-0.4, -0.2) is 39.0 Å². The lowest BCUT2D eigenvalue weighted by atomic mass is 9.81. The highest BCUT2D eigenvalue weighted by atomic mass is 16.3. The number of hydrogen-bond acceptors (Lipinski definition) is 7. The molecule has 100 heavy (non-hydrogen) atoms. The van der Waals surface area contributed by atoms with Crippen LogP contribution >= 0.6 is 0 Å². The minimum atomic E-state index is -0.0940. The van der Waals surface area contributed by atoms with Crippen LogP contribution in [0.2, 0.25) is 0 Å². The largest absolute Gasteiger partial charge is 0.456 e. The zero-order valence-electron chi connectivity index (χ0n) is 54.4. The van der Waals surface area contributed by atoms with E-state index < -0.39 is 0 Å². The first-order chi connectivity index (χ1) is 49.4. The van der Waals surface area contributed by atoms with Gasteiger partial charge in [-0.1, -0.05) is 219 Å². The first-order valence-electron chi connectivity index (χ1n) is 33.9. The zero-order chi connectivity index (χ0) is 66.2. The zero-order valence-corrected chi connectivity index (χ0v) is 54.4. The summed E-state index contributed by atoms with van der Waals surface area (Å²) in [5.41, 5.74) is 26.0. The summed E-state index contributed by atoms with van der Waals surface area (Å²) in [7, 11) is 0. The third-order valence-corrected chi connectivity index (χ3v) is 20.0. The maximum absolute atomic E-state index is 6.66. The van der Waals surface area contributed by atoms with Gasteiger partial charge in [-0.25, -0.2) is 29.9 Å². The number of rotatable bonds is 12. The molecule has 5 heterocycles. The van der Waals surface area contributed by atoms with Gasteiger partial charge in [-0.3, -0.25) is 0 Å². The molecule has 2 atom stereocenters. The summed E-state index contributed by atoms with van der Waals surface area (Å²) in [6.45, 7) is 2.30. The van der Waals surface area contributed by atoms with Crippen LogP contribution in [-0.2, 0) is 0 Å². The molecule has 1 aliphatic rings. The molecule has 0 saturated heterocycles. The highest BCUT2D eigenvalue weighted by Crippen LogP contribution is 2.47. The van der Waals surface area contributed by atoms with E-state index in [9.17, 15) is 0 Å². The molecule has 0 N–H and O–H groups in total. The molecular formula is C91H60N8O. The molecule has 0 aliphatic heterocycles. The predicted molar refractivity (Wildman–Crippen MR) is 407 cm³/mol. The Morgan fingerprint density at radius 3 is 1.20 bits per heavy atom. The summed E-state index contributed by atoms with van der Waals surface area (Å²) in [6, 6.07) is 110. The molecule has 19 rings (SSSR count). The Labute approximate surface area is 577 Å². The second-order valence-electron chi connectivity index (χ2n) is 25.9. The second-order valence-corrected chi connectivity index (χ2v) is 25.9. The minimum absolute atomic E-state index is 0.0443. The molecule has 9 nitrogen and oxygen atoms in total. The van der Waals surface area contributed by atoms with Gasteiger partial charge in [0.15, 0.2) is 17.5 Å². The van der Waals surface area contributed by atoms with Gasteiger partial charge in [0.1, 0.15) is 29.6 Å².